The van der Waals surface area contributed by atoms with Gasteiger partial charge in [-0.25, -0.2) is 10.3 Å². The molecule has 1 unspecified atom stereocenters. The fourth-order valence-corrected chi connectivity index (χ4v) is 3.12. The van der Waals surface area contributed by atoms with Crippen LogP contribution in [0.3, 0.4) is 0 Å². The van der Waals surface area contributed by atoms with Gasteiger partial charge in [0.15, 0.2) is 0 Å². The molecule has 2 aromatic carbocycles. The highest BCUT2D eigenvalue weighted by Gasteiger charge is 2.38. The summed E-state index contributed by atoms with van der Waals surface area (Å²) in [6, 6.07) is 15.6. The van der Waals surface area contributed by atoms with Crippen LogP contribution in [0.1, 0.15) is 28.4 Å². The number of rotatable bonds is 5. The Bertz CT molecular complexity index is 894. The zero-order valence-electron chi connectivity index (χ0n) is 15.4. The smallest absolute Gasteiger partial charge is 0.318 e. The van der Waals surface area contributed by atoms with E-state index in [0.717, 1.165) is 11.1 Å². The van der Waals surface area contributed by atoms with Crippen LogP contribution in [0.5, 0.6) is 0 Å². The summed E-state index contributed by atoms with van der Waals surface area (Å²) in [7, 11) is 0. The van der Waals surface area contributed by atoms with E-state index in [0.29, 0.717) is 18.7 Å². The molecule has 2 aromatic rings. The first-order valence-electron chi connectivity index (χ1n) is 8.88. The zero-order valence-corrected chi connectivity index (χ0v) is 15.4. The fourth-order valence-electron chi connectivity index (χ4n) is 3.12. The standard InChI is InChI=1S/C21H21N3O4/c1-15-13-23(21(27)24(15)20(26)18-5-3-2-4-6-18)14-17-9-7-16(8-10-17)11-12-19(25)22-28/h2-12,15,28H,13-14H2,1H3,(H,22,25)/b12-11+. The lowest BCUT2D eigenvalue weighted by Crippen LogP contribution is -2.39. The van der Waals surface area contributed by atoms with E-state index in [1.54, 1.807) is 35.2 Å². The van der Waals surface area contributed by atoms with Gasteiger partial charge in [0, 0.05) is 24.7 Å². The molecule has 28 heavy (non-hydrogen) atoms. The maximum atomic E-state index is 12.8. The van der Waals surface area contributed by atoms with E-state index in [1.165, 1.54) is 16.5 Å². The van der Waals surface area contributed by atoms with Gasteiger partial charge in [-0.15, -0.1) is 0 Å². The van der Waals surface area contributed by atoms with Crippen molar-refractivity contribution in [2.75, 3.05) is 6.54 Å². The van der Waals surface area contributed by atoms with Crippen molar-refractivity contribution in [2.45, 2.75) is 19.5 Å². The minimum Gasteiger partial charge on any atom is -0.318 e. The maximum absolute atomic E-state index is 12.8. The lowest BCUT2D eigenvalue weighted by atomic mass is 10.1. The molecule has 1 heterocycles. The molecule has 3 rings (SSSR count). The second-order valence-electron chi connectivity index (χ2n) is 6.60. The lowest BCUT2D eigenvalue weighted by molar-refractivity contribution is -0.124. The number of amides is 4. The van der Waals surface area contributed by atoms with Gasteiger partial charge < -0.3 is 4.90 Å². The normalized spacial score (nSPS) is 16.6. The molecule has 0 bridgehead atoms. The Hall–Kier alpha value is -3.45. The van der Waals surface area contributed by atoms with Gasteiger partial charge in [-0.3, -0.25) is 19.7 Å². The van der Waals surface area contributed by atoms with Crippen molar-refractivity contribution in [3.63, 3.8) is 0 Å². The van der Waals surface area contributed by atoms with Crippen molar-refractivity contribution in [3.05, 3.63) is 77.4 Å². The van der Waals surface area contributed by atoms with Crippen molar-refractivity contribution in [2.24, 2.45) is 0 Å². The zero-order chi connectivity index (χ0) is 20.1. The highest BCUT2D eigenvalue weighted by Crippen LogP contribution is 2.21. The summed E-state index contributed by atoms with van der Waals surface area (Å²) in [5, 5.41) is 8.48. The van der Waals surface area contributed by atoms with Crippen LogP contribution in [0.2, 0.25) is 0 Å². The van der Waals surface area contributed by atoms with Crippen LogP contribution in [0.25, 0.3) is 6.08 Å². The minimum absolute atomic E-state index is 0.209. The number of nitrogens with one attached hydrogen (secondary N) is 1. The van der Waals surface area contributed by atoms with Gasteiger partial charge in [0.2, 0.25) is 0 Å². The third-order valence-electron chi connectivity index (χ3n) is 4.53. The summed E-state index contributed by atoms with van der Waals surface area (Å²) in [5.74, 6) is -0.896. The summed E-state index contributed by atoms with van der Waals surface area (Å²) >= 11 is 0. The molecule has 1 atom stereocenters. The molecule has 144 valence electrons. The van der Waals surface area contributed by atoms with Crippen LogP contribution in [0.4, 0.5) is 4.79 Å². The predicted octanol–water partition coefficient (Wildman–Crippen LogP) is 2.67. The van der Waals surface area contributed by atoms with E-state index in [9.17, 15) is 14.4 Å². The number of hydrogen-bond acceptors (Lipinski definition) is 4. The van der Waals surface area contributed by atoms with E-state index in [-0.39, 0.29) is 18.0 Å². The predicted molar refractivity (Wildman–Crippen MR) is 103 cm³/mol. The van der Waals surface area contributed by atoms with Gasteiger partial charge in [0.05, 0.1) is 6.04 Å². The molecule has 4 amide bonds. The highest BCUT2D eigenvalue weighted by molar-refractivity contribution is 6.05. The summed E-state index contributed by atoms with van der Waals surface area (Å²) in [5.41, 5.74) is 3.72. The van der Waals surface area contributed by atoms with E-state index in [2.05, 4.69) is 0 Å². The summed E-state index contributed by atoms with van der Waals surface area (Å²) in [4.78, 5) is 39.4. The second kappa shape index (κ2) is 8.49. The van der Waals surface area contributed by atoms with Gasteiger partial charge in [0.25, 0.3) is 11.8 Å². The number of carbonyl (C=O) groups excluding carboxylic acids is 3. The Labute approximate surface area is 162 Å². The Morgan fingerprint density at radius 1 is 1.14 bits per heavy atom. The van der Waals surface area contributed by atoms with Gasteiger partial charge in [-0.1, -0.05) is 42.5 Å². The van der Waals surface area contributed by atoms with Crippen LogP contribution in [0.15, 0.2) is 60.7 Å². The van der Waals surface area contributed by atoms with Gasteiger partial charge >= 0.3 is 6.03 Å². The molecule has 0 aliphatic carbocycles. The number of nitrogens with zero attached hydrogens (tertiary/aromatic N) is 2. The van der Waals surface area contributed by atoms with Crippen molar-refractivity contribution in [1.29, 1.82) is 0 Å². The Balaban J connectivity index is 1.67. The highest BCUT2D eigenvalue weighted by atomic mass is 16.5. The molecule has 0 aromatic heterocycles. The maximum Gasteiger partial charge on any atom is 0.327 e. The van der Waals surface area contributed by atoms with Crippen LogP contribution < -0.4 is 5.48 Å². The molecule has 1 aliphatic heterocycles. The van der Waals surface area contributed by atoms with E-state index >= 15 is 0 Å². The van der Waals surface area contributed by atoms with Crippen molar-refractivity contribution in [3.8, 4) is 0 Å². The molecule has 0 radical (unpaired) electrons. The van der Waals surface area contributed by atoms with E-state index in [1.807, 2.05) is 37.3 Å². The number of imide groups is 1. The molecule has 2 N–H and O–H groups in total. The first kappa shape index (κ1) is 19.3. The van der Waals surface area contributed by atoms with Gasteiger partial charge in [-0.2, -0.15) is 0 Å². The minimum atomic E-state index is -0.607. The number of benzene rings is 2. The van der Waals surface area contributed by atoms with Gasteiger partial charge in [0.1, 0.15) is 0 Å². The Morgan fingerprint density at radius 3 is 2.46 bits per heavy atom. The average Bonchev–Trinajstić information content (AvgIpc) is 3.00. The first-order valence-corrected chi connectivity index (χ1v) is 8.88. The van der Waals surface area contributed by atoms with Gasteiger partial charge in [-0.05, 0) is 36.3 Å². The second-order valence-corrected chi connectivity index (χ2v) is 6.60. The summed E-state index contributed by atoms with van der Waals surface area (Å²) < 4.78 is 0. The molecule has 1 aliphatic rings. The average molecular weight is 379 g/mol. The topological polar surface area (TPSA) is 90.0 Å². The number of urea groups is 1. The quantitative estimate of drug-likeness (QED) is 0.475. The first-order chi connectivity index (χ1) is 13.5. The molecule has 7 heteroatoms. The monoisotopic (exact) mass is 379 g/mol. The fraction of sp³-hybridized carbons (Fsp3) is 0.190. The Morgan fingerprint density at radius 2 is 1.82 bits per heavy atom. The van der Waals surface area contributed by atoms with Crippen LogP contribution >= 0.6 is 0 Å². The van der Waals surface area contributed by atoms with E-state index < -0.39 is 5.91 Å². The van der Waals surface area contributed by atoms with Crippen LogP contribution in [0, 0.1) is 0 Å². The molecule has 0 saturated carbocycles. The summed E-state index contributed by atoms with van der Waals surface area (Å²) in [6.45, 7) is 2.72. The molecule has 1 fully saturated rings. The molecule has 7 nitrogen and oxygen atoms in total. The van der Waals surface area contributed by atoms with Crippen LogP contribution in [-0.4, -0.2) is 45.4 Å². The van der Waals surface area contributed by atoms with Crippen molar-refractivity contribution in [1.82, 2.24) is 15.3 Å². The largest absolute Gasteiger partial charge is 0.327 e. The van der Waals surface area contributed by atoms with E-state index in [4.69, 9.17) is 5.21 Å². The lowest BCUT2D eigenvalue weighted by Gasteiger charge is -2.19. The number of carbonyl (C=O) groups is 3. The Kier molecular flexibility index (Phi) is 5.86. The van der Waals surface area contributed by atoms with Crippen molar-refractivity contribution >= 4 is 23.9 Å². The SMILES string of the molecule is CC1CN(Cc2ccc(/C=C/C(=O)NO)cc2)C(=O)N1C(=O)c1ccccc1. The third-order valence-corrected chi connectivity index (χ3v) is 4.53. The number of hydroxylamine groups is 1. The molecular formula is C21H21N3O4. The van der Waals surface area contributed by atoms with Crippen LogP contribution in [-0.2, 0) is 11.3 Å². The molecular weight excluding hydrogens is 358 g/mol. The summed E-state index contributed by atoms with van der Waals surface area (Å²) in [6.07, 6.45) is 2.78. The number of hydrogen-bond donors (Lipinski definition) is 2. The van der Waals surface area contributed by atoms with Crippen molar-refractivity contribution < 1.29 is 19.6 Å². The molecule has 0 spiro atoms. The third kappa shape index (κ3) is 4.27. The molecule has 1 saturated heterocycles.